The molecule has 3 unspecified atom stereocenters. The average molecular weight is 339 g/mol. The van der Waals surface area contributed by atoms with Gasteiger partial charge in [0.1, 0.15) is 11.5 Å². The van der Waals surface area contributed by atoms with Crippen molar-refractivity contribution < 1.29 is 9.47 Å². The van der Waals surface area contributed by atoms with Gasteiger partial charge in [-0.05, 0) is 48.6 Å². The molecule has 1 aliphatic heterocycles. The summed E-state index contributed by atoms with van der Waals surface area (Å²) >= 11 is 0. The number of hydrogen-bond acceptors (Lipinski definition) is 3. The molecule has 0 saturated carbocycles. The van der Waals surface area contributed by atoms with Crippen molar-refractivity contribution in [3.63, 3.8) is 0 Å². The minimum Gasteiger partial charge on any atom is -0.457 e. The molecular formula is C22H29NO2. The van der Waals surface area contributed by atoms with Crippen LogP contribution in [0, 0.1) is 5.92 Å². The first-order chi connectivity index (χ1) is 12.3. The second kappa shape index (κ2) is 9.02. The highest BCUT2D eigenvalue weighted by molar-refractivity contribution is 5.34. The van der Waals surface area contributed by atoms with Gasteiger partial charge >= 0.3 is 0 Å². The first kappa shape index (κ1) is 18.0. The Hall–Kier alpha value is -1.84. The summed E-state index contributed by atoms with van der Waals surface area (Å²) in [6, 6.07) is 19.2. The molecule has 3 atom stereocenters. The van der Waals surface area contributed by atoms with Crippen LogP contribution in [0.1, 0.15) is 44.7 Å². The number of hydrogen-bond donors (Lipinski definition) is 1. The maximum atomic E-state index is 5.90. The van der Waals surface area contributed by atoms with Gasteiger partial charge in [-0.15, -0.1) is 0 Å². The third kappa shape index (κ3) is 4.83. The van der Waals surface area contributed by atoms with Crippen LogP contribution in [0.3, 0.4) is 0 Å². The zero-order valence-corrected chi connectivity index (χ0v) is 15.3. The highest BCUT2D eigenvalue weighted by Gasteiger charge is 2.28. The molecule has 1 heterocycles. The van der Waals surface area contributed by atoms with Crippen molar-refractivity contribution in [2.24, 2.45) is 5.92 Å². The van der Waals surface area contributed by atoms with E-state index in [0.29, 0.717) is 18.0 Å². The lowest BCUT2D eigenvalue weighted by Crippen LogP contribution is -2.38. The summed E-state index contributed by atoms with van der Waals surface area (Å²) in [5, 5.41) is 3.84. The molecular weight excluding hydrogens is 310 g/mol. The fourth-order valence-electron chi connectivity index (χ4n) is 3.47. The van der Waals surface area contributed by atoms with E-state index >= 15 is 0 Å². The minimum absolute atomic E-state index is 0.372. The average Bonchev–Trinajstić information content (AvgIpc) is 3.10. The normalized spacial score (nSPS) is 21.2. The van der Waals surface area contributed by atoms with Gasteiger partial charge < -0.3 is 14.8 Å². The van der Waals surface area contributed by atoms with Gasteiger partial charge in [-0.3, -0.25) is 0 Å². The molecule has 134 valence electrons. The molecule has 1 aliphatic rings. The van der Waals surface area contributed by atoms with Crippen LogP contribution < -0.4 is 10.1 Å². The second-order valence-electron chi connectivity index (χ2n) is 6.80. The molecule has 0 amide bonds. The Balaban J connectivity index is 1.67. The Morgan fingerprint density at radius 1 is 1.00 bits per heavy atom. The van der Waals surface area contributed by atoms with E-state index in [-0.39, 0.29) is 0 Å². The van der Waals surface area contributed by atoms with E-state index in [9.17, 15) is 0 Å². The van der Waals surface area contributed by atoms with Gasteiger partial charge in [0.25, 0.3) is 0 Å². The van der Waals surface area contributed by atoms with E-state index in [4.69, 9.17) is 9.47 Å². The Labute approximate surface area is 151 Å². The SMILES string of the molecule is CCCC(NC1COCC1CC)c1ccc(Oc2ccccc2)cc1. The van der Waals surface area contributed by atoms with Crippen molar-refractivity contribution in [3.05, 3.63) is 60.2 Å². The molecule has 25 heavy (non-hydrogen) atoms. The molecule has 1 N–H and O–H groups in total. The predicted molar refractivity (Wildman–Crippen MR) is 102 cm³/mol. The Morgan fingerprint density at radius 3 is 2.40 bits per heavy atom. The molecule has 0 spiro atoms. The molecule has 2 aromatic carbocycles. The van der Waals surface area contributed by atoms with Crippen LogP contribution >= 0.6 is 0 Å². The van der Waals surface area contributed by atoms with E-state index in [1.165, 1.54) is 12.0 Å². The van der Waals surface area contributed by atoms with Crippen LogP contribution in [0.4, 0.5) is 0 Å². The lowest BCUT2D eigenvalue weighted by molar-refractivity contribution is 0.181. The van der Waals surface area contributed by atoms with Crippen LogP contribution in [0.2, 0.25) is 0 Å². The van der Waals surface area contributed by atoms with Crippen LogP contribution in [0.15, 0.2) is 54.6 Å². The smallest absolute Gasteiger partial charge is 0.127 e. The maximum absolute atomic E-state index is 5.90. The standard InChI is InChI=1S/C22H29NO2/c1-3-8-21(23-22-16-24-15-17(22)4-2)18-11-13-20(14-12-18)25-19-9-6-5-7-10-19/h5-7,9-14,17,21-23H,3-4,8,15-16H2,1-2H3. The second-order valence-corrected chi connectivity index (χ2v) is 6.80. The Kier molecular flexibility index (Phi) is 6.48. The van der Waals surface area contributed by atoms with Gasteiger partial charge in [0.15, 0.2) is 0 Å². The fraction of sp³-hybridized carbons (Fsp3) is 0.455. The van der Waals surface area contributed by atoms with Gasteiger partial charge in [0.05, 0.1) is 13.2 Å². The van der Waals surface area contributed by atoms with Crippen molar-refractivity contribution in [2.45, 2.75) is 45.2 Å². The monoisotopic (exact) mass is 339 g/mol. The highest BCUT2D eigenvalue weighted by Crippen LogP contribution is 2.27. The largest absolute Gasteiger partial charge is 0.457 e. The van der Waals surface area contributed by atoms with Crippen LogP contribution in [-0.2, 0) is 4.74 Å². The zero-order valence-electron chi connectivity index (χ0n) is 15.3. The highest BCUT2D eigenvalue weighted by atomic mass is 16.5. The summed E-state index contributed by atoms with van der Waals surface area (Å²) in [6.07, 6.45) is 3.45. The van der Waals surface area contributed by atoms with Crippen LogP contribution in [-0.4, -0.2) is 19.3 Å². The van der Waals surface area contributed by atoms with E-state index < -0.39 is 0 Å². The van der Waals surface area contributed by atoms with Gasteiger partial charge in [0.2, 0.25) is 0 Å². The number of benzene rings is 2. The van der Waals surface area contributed by atoms with Gasteiger partial charge in [-0.1, -0.05) is 50.6 Å². The van der Waals surface area contributed by atoms with Gasteiger partial charge in [-0.2, -0.15) is 0 Å². The van der Waals surface area contributed by atoms with Gasteiger partial charge in [-0.25, -0.2) is 0 Å². The van der Waals surface area contributed by atoms with Gasteiger partial charge in [0, 0.05) is 12.1 Å². The molecule has 0 bridgehead atoms. The summed E-state index contributed by atoms with van der Waals surface area (Å²) in [4.78, 5) is 0. The summed E-state index contributed by atoms with van der Waals surface area (Å²) < 4.78 is 11.6. The number of nitrogens with one attached hydrogen (secondary N) is 1. The third-order valence-electron chi connectivity index (χ3n) is 4.98. The summed E-state index contributed by atoms with van der Waals surface area (Å²) in [7, 11) is 0. The first-order valence-electron chi connectivity index (χ1n) is 9.46. The first-order valence-corrected chi connectivity index (χ1v) is 9.46. The molecule has 0 aliphatic carbocycles. The predicted octanol–water partition coefficient (Wildman–Crippen LogP) is 5.33. The van der Waals surface area contributed by atoms with Crippen molar-refractivity contribution >= 4 is 0 Å². The van der Waals surface area contributed by atoms with Crippen molar-refractivity contribution in [2.75, 3.05) is 13.2 Å². The Bertz CT molecular complexity index is 626. The maximum Gasteiger partial charge on any atom is 0.127 e. The fourth-order valence-corrected chi connectivity index (χ4v) is 3.47. The molecule has 0 aromatic heterocycles. The number of rotatable bonds is 8. The molecule has 1 saturated heterocycles. The topological polar surface area (TPSA) is 30.5 Å². The summed E-state index contributed by atoms with van der Waals surface area (Å²) in [6.45, 7) is 6.20. The van der Waals surface area contributed by atoms with Crippen LogP contribution in [0.5, 0.6) is 11.5 Å². The lowest BCUT2D eigenvalue weighted by atomic mass is 9.96. The molecule has 0 radical (unpaired) electrons. The van der Waals surface area contributed by atoms with E-state index in [1.54, 1.807) is 0 Å². The van der Waals surface area contributed by atoms with E-state index in [2.05, 4.69) is 43.4 Å². The molecule has 3 nitrogen and oxygen atoms in total. The summed E-state index contributed by atoms with van der Waals surface area (Å²) in [5.74, 6) is 2.37. The Morgan fingerprint density at radius 2 is 1.72 bits per heavy atom. The molecule has 2 aromatic rings. The molecule has 3 heteroatoms. The van der Waals surface area contributed by atoms with E-state index in [0.717, 1.165) is 37.6 Å². The molecule has 1 fully saturated rings. The third-order valence-corrected chi connectivity index (χ3v) is 4.98. The quantitative estimate of drug-likeness (QED) is 0.704. The van der Waals surface area contributed by atoms with Crippen molar-refractivity contribution in [1.82, 2.24) is 5.32 Å². The van der Waals surface area contributed by atoms with E-state index in [1.807, 2.05) is 30.3 Å². The lowest BCUT2D eigenvalue weighted by Gasteiger charge is -2.26. The van der Waals surface area contributed by atoms with Crippen molar-refractivity contribution in [1.29, 1.82) is 0 Å². The van der Waals surface area contributed by atoms with Crippen molar-refractivity contribution in [3.8, 4) is 11.5 Å². The summed E-state index contributed by atoms with van der Waals surface area (Å²) in [5.41, 5.74) is 1.32. The molecule has 3 rings (SSSR count). The number of para-hydroxylation sites is 1. The number of ether oxygens (including phenoxy) is 2. The zero-order chi connectivity index (χ0) is 17.5. The van der Waals surface area contributed by atoms with Crippen LogP contribution in [0.25, 0.3) is 0 Å². The minimum atomic E-state index is 0.372.